The van der Waals surface area contributed by atoms with Crippen molar-refractivity contribution in [3.8, 4) is 0 Å². The molecule has 0 aromatic carbocycles. The Hall–Kier alpha value is -1.15. The van der Waals surface area contributed by atoms with Gasteiger partial charge in [-0.05, 0) is 6.42 Å². The van der Waals surface area contributed by atoms with Gasteiger partial charge < -0.3 is 5.73 Å². The standard InChI is InChI=1S/C5H9N3O/c1-2-3-7-5(6)8-4-9/h2-3H2,1H3,(H2,6,7). The van der Waals surface area contributed by atoms with E-state index in [1.54, 1.807) is 0 Å². The van der Waals surface area contributed by atoms with E-state index < -0.39 is 0 Å². The number of aliphatic imine (C=N–C) groups is 2. The summed E-state index contributed by atoms with van der Waals surface area (Å²) in [6.07, 6.45) is 2.19. The van der Waals surface area contributed by atoms with Gasteiger partial charge in [0.05, 0.1) is 0 Å². The highest BCUT2D eigenvalue weighted by atomic mass is 16.1. The summed E-state index contributed by atoms with van der Waals surface area (Å²) in [6, 6.07) is 0. The molecule has 0 spiro atoms. The first-order chi connectivity index (χ1) is 4.31. The average Bonchev–Trinajstić information content (AvgIpc) is 1.85. The second-order valence-corrected chi connectivity index (χ2v) is 1.44. The van der Waals surface area contributed by atoms with Gasteiger partial charge in [0.2, 0.25) is 12.0 Å². The predicted octanol–water partition coefficient (Wildman–Crippen LogP) is 0.0469. The van der Waals surface area contributed by atoms with Crippen molar-refractivity contribution in [2.75, 3.05) is 6.54 Å². The van der Waals surface area contributed by atoms with Gasteiger partial charge in [0.25, 0.3) is 0 Å². The molecule has 50 valence electrons. The molecule has 9 heavy (non-hydrogen) atoms. The monoisotopic (exact) mass is 127 g/mol. The van der Waals surface area contributed by atoms with Crippen LogP contribution in [0.2, 0.25) is 0 Å². The van der Waals surface area contributed by atoms with E-state index in [0.29, 0.717) is 6.54 Å². The van der Waals surface area contributed by atoms with Crippen molar-refractivity contribution >= 4 is 12.0 Å². The molecule has 0 saturated carbocycles. The Morgan fingerprint density at radius 2 is 2.44 bits per heavy atom. The van der Waals surface area contributed by atoms with Crippen molar-refractivity contribution in [2.24, 2.45) is 15.7 Å². The first kappa shape index (κ1) is 7.85. The molecule has 4 heteroatoms. The molecule has 0 aromatic heterocycles. The minimum atomic E-state index is 0.00634. The van der Waals surface area contributed by atoms with Gasteiger partial charge in [-0.15, -0.1) is 4.99 Å². The topological polar surface area (TPSA) is 67.8 Å². The van der Waals surface area contributed by atoms with Crippen molar-refractivity contribution < 1.29 is 4.79 Å². The van der Waals surface area contributed by atoms with Gasteiger partial charge in [-0.2, -0.15) is 0 Å². The van der Waals surface area contributed by atoms with Crippen LogP contribution in [0.4, 0.5) is 0 Å². The van der Waals surface area contributed by atoms with Crippen LogP contribution in [0.5, 0.6) is 0 Å². The Kier molecular flexibility index (Phi) is 4.36. The third-order valence-electron chi connectivity index (χ3n) is 0.658. The fourth-order valence-electron chi connectivity index (χ4n) is 0.308. The zero-order chi connectivity index (χ0) is 7.11. The average molecular weight is 127 g/mol. The molecule has 0 radical (unpaired) electrons. The van der Waals surface area contributed by atoms with E-state index in [0.717, 1.165) is 6.42 Å². The van der Waals surface area contributed by atoms with E-state index in [-0.39, 0.29) is 5.96 Å². The van der Waals surface area contributed by atoms with Crippen LogP contribution < -0.4 is 5.73 Å². The highest BCUT2D eigenvalue weighted by molar-refractivity contribution is 5.82. The number of hydrogen-bond donors (Lipinski definition) is 1. The summed E-state index contributed by atoms with van der Waals surface area (Å²) in [6.45, 7) is 2.57. The van der Waals surface area contributed by atoms with Crippen LogP contribution in [-0.2, 0) is 4.79 Å². The summed E-state index contributed by atoms with van der Waals surface area (Å²) in [4.78, 5) is 16.3. The predicted molar refractivity (Wildman–Crippen MR) is 34.9 cm³/mol. The maximum absolute atomic E-state index is 9.53. The Balaban J connectivity index is 3.69. The summed E-state index contributed by atoms with van der Waals surface area (Å²) in [5.74, 6) is 0.00634. The molecule has 0 aromatic rings. The quantitative estimate of drug-likeness (QED) is 0.323. The molecule has 0 rings (SSSR count). The molecule has 4 nitrogen and oxygen atoms in total. The lowest BCUT2D eigenvalue weighted by atomic mass is 10.5. The van der Waals surface area contributed by atoms with Gasteiger partial charge in [-0.1, -0.05) is 6.92 Å². The number of hydrogen-bond acceptors (Lipinski definition) is 2. The minimum Gasteiger partial charge on any atom is -0.367 e. The van der Waals surface area contributed by atoms with Crippen LogP contribution in [0.15, 0.2) is 9.98 Å². The molecular weight excluding hydrogens is 118 g/mol. The number of carbonyl (C=O) groups excluding carboxylic acids is 1. The van der Waals surface area contributed by atoms with Crippen LogP contribution >= 0.6 is 0 Å². The highest BCUT2D eigenvalue weighted by Crippen LogP contribution is 1.77. The second-order valence-electron chi connectivity index (χ2n) is 1.44. The van der Waals surface area contributed by atoms with E-state index in [9.17, 15) is 4.79 Å². The fraction of sp³-hybridized carbons (Fsp3) is 0.600. The van der Waals surface area contributed by atoms with Crippen molar-refractivity contribution in [1.29, 1.82) is 0 Å². The van der Waals surface area contributed by atoms with Gasteiger partial charge in [-0.25, -0.2) is 4.79 Å². The molecular formula is C5H9N3O. The molecule has 0 aliphatic heterocycles. The highest BCUT2D eigenvalue weighted by Gasteiger charge is 1.81. The van der Waals surface area contributed by atoms with Crippen LogP contribution in [0.1, 0.15) is 13.3 Å². The van der Waals surface area contributed by atoms with Crippen molar-refractivity contribution in [3.63, 3.8) is 0 Å². The van der Waals surface area contributed by atoms with Crippen molar-refractivity contribution in [3.05, 3.63) is 0 Å². The largest absolute Gasteiger partial charge is 0.367 e. The molecule has 0 aliphatic carbocycles. The summed E-state index contributed by atoms with van der Waals surface area (Å²) in [7, 11) is 0. The molecule has 0 heterocycles. The maximum Gasteiger partial charge on any atom is 0.243 e. The molecule has 0 saturated heterocycles. The lowest BCUT2D eigenvalue weighted by Gasteiger charge is -1.85. The van der Waals surface area contributed by atoms with Gasteiger partial charge in [-0.3, -0.25) is 4.99 Å². The van der Waals surface area contributed by atoms with Crippen molar-refractivity contribution in [2.45, 2.75) is 13.3 Å². The zero-order valence-corrected chi connectivity index (χ0v) is 5.29. The molecule has 0 bridgehead atoms. The Labute approximate surface area is 53.5 Å². The molecule has 0 aliphatic rings. The van der Waals surface area contributed by atoms with Crippen LogP contribution in [0.25, 0.3) is 0 Å². The van der Waals surface area contributed by atoms with Gasteiger partial charge in [0.15, 0.2) is 0 Å². The minimum absolute atomic E-state index is 0.00634. The smallest absolute Gasteiger partial charge is 0.243 e. The molecule has 0 amide bonds. The number of isocyanates is 1. The van der Waals surface area contributed by atoms with Crippen molar-refractivity contribution in [1.82, 2.24) is 0 Å². The summed E-state index contributed by atoms with van der Waals surface area (Å²) >= 11 is 0. The fourth-order valence-corrected chi connectivity index (χ4v) is 0.308. The molecule has 0 fully saturated rings. The molecule has 2 N–H and O–H groups in total. The molecule has 0 unspecified atom stereocenters. The number of nitrogens with two attached hydrogens (primary N) is 1. The van der Waals surface area contributed by atoms with Crippen LogP contribution in [0.3, 0.4) is 0 Å². The first-order valence-corrected chi connectivity index (χ1v) is 2.69. The number of guanidine groups is 1. The molecule has 0 atom stereocenters. The van der Waals surface area contributed by atoms with E-state index in [2.05, 4.69) is 9.98 Å². The van der Waals surface area contributed by atoms with Crippen LogP contribution in [0, 0.1) is 0 Å². The maximum atomic E-state index is 9.53. The van der Waals surface area contributed by atoms with E-state index in [1.807, 2.05) is 6.92 Å². The first-order valence-electron chi connectivity index (χ1n) is 2.69. The lowest BCUT2D eigenvalue weighted by molar-refractivity contribution is 0.565. The third-order valence-corrected chi connectivity index (χ3v) is 0.658. The van der Waals surface area contributed by atoms with E-state index in [1.165, 1.54) is 6.08 Å². The third kappa shape index (κ3) is 4.71. The van der Waals surface area contributed by atoms with E-state index in [4.69, 9.17) is 5.73 Å². The summed E-state index contributed by atoms with van der Waals surface area (Å²) in [5, 5.41) is 0. The number of rotatable bonds is 2. The van der Waals surface area contributed by atoms with E-state index >= 15 is 0 Å². The Bertz CT molecular complexity index is 146. The zero-order valence-electron chi connectivity index (χ0n) is 5.29. The summed E-state index contributed by atoms with van der Waals surface area (Å²) in [5.41, 5.74) is 5.09. The Morgan fingerprint density at radius 3 is 2.89 bits per heavy atom. The SMILES string of the molecule is CCCN=C(N)N=C=O. The van der Waals surface area contributed by atoms with Gasteiger partial charge >= 0.3 is 0 Å². The second kappa shape index (κ2) is 5.00. The van der Waals surface area contributed by atoms with Gasteiger partial charge in [0, 0.05) is 6.54 Å². The van der Waals surface area contributed by atoms with Crippen LogP contribution in [-0.4, -0.2) is 18.6 Å². The Morgan fingerprint density at radius 1 is 1.78 bits per heavy atom. The van der Waals surface area contributed by atoms with Gasteiger partial charge in [0.1, 0.15) is 0 Å². The summed E-state index contributed by atoms with van der Waals surface area (Å²) < 4.78 is 0. The normalized spacial score (nSPS) is 10.6. The lowest BCUT2D eigenvalue weighted by Crippen LogP contribution is -2.07. The number of nitrogens with zero attached hydrogens (tertiary/aromatic N) is 2.